The first-order chi connectivity index (χ1) is 6.75. The van der Waals surface area contributed by atoms with E-state index >= 15 is 0 Å². The van der Waals surface area contributed by atoms with Gasteiger partial charge in [-0.3, -0.25) is 4.79 Å². The van der Waals surface area contributed by atoms with Gasteiger partial charge in [0.25, 0.3) is 0 Å². The molecular formula is C12H19NO. The Morgan fingerprint density at radius 3 is 2.64 bits per heavy atom. The van der Waals surface area contributed by atoms with Crippen molar-refractivity contribution in [1.82, 2.24) is 4.90 Å². The molecule has 0 radical (unpaired) electrons. The average molecular weight is 193 g/mol. The number of hydrogen-bond donors (Lipinski definition) is 0. The fourth-order valence-corrected chi connectivity index (χ4v) is 2.03. The Kier molecular flexibility index (Phi) is 4.52. The Labute approximate surface area is 86.7 Å². The molecule has 2 nitrogen and oxygen atoms in total. The van der Waals surface area contributed by atoms with E-state index in [0.29, 0.717) is 18.9 Å². The zero-order valence-electron chi connectivity index (χ0n) is 8.96. The molecule has 0 aromatic heterocycles. The van der Waals surface area contributed by atoms with Crippen molar-refractivity contribution in [2.45, 2.75) is 51.0 Å². The number of terminal acetylenes is 1. The Hall–Kier alpha value is -0.970. The van der Waals surface area contributed by atoms with Gasteiger partial charge in [-0.25, -0.2) is 0 Å². The van der Waals surface area contributed by atoms with Crippen LogP contribution in [0.3, 0.4) is 0 Å². The summed E-state index contributed by atoms with van der Waals surface area (Å²) in [7, 11) is 1.91. The first-order valence-corrected chi connectivity index (χ1v) is 5.45. The standard InChI is InChI=1S/C12H19NO/c1-3-4-10-12(14)13(2)11-8-6-5-7-9-11/h1,11H,4-10H2,2H3. The third-order valence-corrected chi connectivity index (χ3v) is 3.00. The molecule has 1 rings (SSSR count). The number of carbonyl (C=O) groups excluding carboxylic acids is 1. The maximum absolute atomic E-state index is 11.6. The Morgan fingerprint density at radius 2 is 2.07 bits per heavy atom. The molecule has 14 heavy (non-hydrogen) atoms. The van der Waals surface area contributed by atoms with E-state index in [1.54, 1.807) is 0 Å². The van der Waals surface area contributed by atoms with Crippen LogP contribution < -0.4 is 0 Å². The molecule has 0 N–H and O–H groups in total. The van der Waals surface area contributed by atoms with Gasteiger partial charge in [0.15, 0.2) is 0 Å². The van der Waals surface area contributed by atoms with Gasteiger partial charge in [-0.2, -0.15) is 0 Å². The largest absolute Gasteiger partial charge is 0.343 e. The number of carbonyl (C=O) groups is 1. The highest BCUT2D eigenvalue weighted by Crippen LogP contribution is 2.22. The van der Waals surface area contributed by atoms with E-state index in [1.807, 2.05) is 11.9 Å². The van der Waals surface area contributed by atoms with Crippen molar-refractivity contribution in [3.63, 3.8) is 0 Å². The highest BCUT2D eigenvalue weighted by Gasteiger charge is 2.21. The van der Waals surface area contributed by atoms with Crippen molar-refractivity contribution >= 4 is 5.91 Å². The topological polar surface area (TPSA) is 20.3 Å². The summed E-state index contributed by atoms with van der Waals surface area (Å²) in [4.78, 5) is 13.5. The van der Waals surface area contributed by atoms with Gasteiger partial charge in [0, 0.05) is 25.9 Å². The van der Waals surface area contributed by atoms with E-state index in [2.05, 4.69) is 5.92 Å². The minimum atomic E-state index is 0.204. The quantitative estimate of drug-likeness (QED) is 0.629. The van der Waals surface area contributed by atoms with Gasteiger partial charge in [0.05, 0.1) is 0 Å². The second-order valence-corrected chi connectivity index (χ2v) is 4.00. The van der Waals surface area contributed by atoms with Crippen LogP contribution in [0, 0.1) is 12.3 Å². The van der Waals surface area contributed by atoms with E-state index in [1.165, 1.54) is 19.3 Å². The lowest BCUT2D eigenvalue weighted by Crippen LogP contribution is -2.38. The number of amides is 1. The molecule has 0 heterocycles. The van der Waals surface area contributed by atoms with Gasteiger partial charge < -0.3 is 4.90 Å². The van der Waals surface area contributed by atoms with E-state index in [0.717, 1.165) is 12.8 Å². The summed E-state index contributed by atoms with van der Waals surface area (Å²) in [6, 6.07) is 0.467. The summed E-state index contributed by atoms with van der Waals surface area (Å²) in [6.45, 7) is 0. The van der Waals surface area contributed by atoms with Crippen molar-refractivity contribution in [2.75, 3.05) is 7.05 Å². The highest BCUT2D eigenvalue weighted by molar-refractivity contribution is 5.76. The van der Waals surface area contributed by atoms with Gasteiger partial charge in [-0.15, -0.1) is 12.3 Å². The minimum absolute atomic E-state index is 0.204. The zero-order chi connectivity index (χ0) is 10.4. The summed E-state index contributed by atoms with van der Waals surface area (Å²) >= 11 is 0. The maximum atomic E-state index is 11.6. The fraction of sp³-hybridized carbons (Fsp3) is 0.750. The lowest BCUT2D eigenvalue weighted by atomic mass is 9.94. The van der Waals surface area contributed by atoms with Crippen molar-refractivity contribution in [3.05, 3.63) is 0 Å². The maximum Gasteiger partial charge on any atom is 0.223 e. The second-order valence-electron chi connectivity index (χ2n) is 4.00. The van der Waals surface area contributed by atoms with E-state index < -0.39 is 0 Å². The van der Waals surface area contributed by atoms with Crippen LogP contribution in [0.4, 0.5) is 0 Å². The van der Waals surface area contributed by atoms with E-state index in [9.17, 15) is 4.79 Å². The smallest absolute Gasteiger partial charge is 0.223 e. The highest BCUT2D eigenvalue weighted by atomic mass is 16.2. The molecule has 0 aliphatic heterocycles. The normalized spacial score (nSPS) is 17.4. The molecule has 1 saturated carbocycles. The predicted octanol–water partition coefficient (Wildman–Crippen LogP) is 2.19. The van der Waals surface area contributed by atoms with Gasteiger partial charge in [0.2, 0.25) is 5.91 Å². The molecule has 1 fully saturated rings. The molecule has 0 spiro atoms. The van der Waals surface area contributed by atoms with Crippen LogP contribution in [0.5, 0.6) is 0 Å². The van der Waals surface area contributed by atoms with Gasteiger partial charge in [-0.05, 0) is 12.8 Å². The van der Waals surface area contributed by atoms with Crippen LogP contribution in [-0.4, -0.2) is 23.9 Å². The fourth-order valence-electron chi connectivity index (χ4n) is 2.03. The molecule has 78 valence electrons. The Morgan fingerprint density at radius 1 is 1.43 bits per heavy atom. The number of rotatable bonds is 3. The molecule has 1 aliphatic carbocycles. The molecule has 0 aromatic carbocycles. The van der Waals surface area contributed by atoms with Crippen LogP contribution >= 0.6 is 0 Å². The molecule has 0 bridgehead atoms. The summed E-state index contributed by atoms with van der Waals surface area (Å²) in [5.41, 5.74) is 0. The molecule has 0 saturated heterocycles. The molecule has 1 aliphatic rings. The molecule has 2 heteroatoms. The Bertz CT molecular complexity index is 223. The zero-order valence-corrected chi connectivity index (χ0v) is 8.96. The predicted molar refractivity (Wildman–Crippen MR) is 57.7 cm³/mol. The van der Waals surface area contributed by atoms with Crippen molar-refractivity contribution in [1.29, 1.82) is 0 Å². The first kappa shape index (κ1) is 11.1. The monoisotopic (exact) mass is 193 g/mol. The van der Waals surface area contributed by atoms with Crippen LogP contribution in [-0.2, 0) is 4.79 Å². The second kappa shape index (κ2) is 5.70. The van der Waals surface area contributed by atoms with E-state index in [4.69, 9.17) is 6.42 Å². The summed E-state index contributed by atoms with van der Waals surface area (Å²) in [6.07, 6.45) is 12.4. The molecule has 0 aromatic rings. The van der Waals surface area contributed by atoms with Crippen LogP contribution in [0.2, 0.25) is 0 Å². The summed E-state index contributed by atoms with van der Waals surface area (Å²) in [5.74, 6) is 2.71. The molecule has 0 atom stereocenters. The third kappa shape index (κ3) is 3.06. The summed E-state index contributed by atoms with van der Waals surface area (Å²) in [5, 5.41) is 0. The van der Waals surface area contributed by atoms with E-state index in [-0.39, 0.29) is 5.91 Å². The van der Waals surface area contributed by atoms with Crippen molar-refractivity contribution in [2.24, 2.45) is 0 Å². The summed E-state index contributed by atoms with van der Waals surface area (Å²) < 4.78 is 0. The third-order valence-electron chi connectivity index (χ3n) is 3.00. The number of hydrogen-bond acceptors (Lipinski definition) is 1. The number of nitrogens with zero attached hydrogens (tertiary/aromatic N) is 1. The minimum Gasteiger partial charge on any atom is -0.343 e. The van der Waals surface area contributed by atoms with Crippen molar-refractivity contribution in [3.8, 4) is 12.3 Å². The molecular weight excluding hydrogens is 174 g/mol. The van der Waals surface area contributed by atoms with Crippen LogP contribution in [0.1, 0.15) is 44.9 Å². The average Bonchev–Trinajstić information content (AvgIpc) is 2.26. The lowest BCUT2D eigenvalue weighted by molar-refractivity contribution is -0.132. The first-order valence-electron chi connectivity index (χ1n) is 5.45. The Balaban J connectivity index is 2.35. The van der Waals surface area contributed by atoms with Gasteiger partial charge >= 0.3 is 0 Å². The van der Waals surface area contributed by atoms with Crippen molar-refractivity contribution < 1.29 is 4.79 Å². The molecule has 1 amide bonds. The van der Waals surface area contributed by atoms with Gasteiger partial charge in [-0.1, -0.05) is 19.3 Å². The van der Waals surface area contributed by atoms with Gasteiger partial charge in [0.1, 0.15) is 0 Å². The lowest BCUT2D eigenvalue weighted by Gasteiger charge is -2.31. The van der Waals surface area contributed by atoms with Crippen LogP contribution in [0.15, 0.2) is 0 Å². The molecule has 0 unspecified atom stereocenters. The SMILES string of the molecule is C#CCCC(=O)N(C)C1CCCCC1. The van der Waals surface area contributed by atoms with Crippen LogP contribution in [0.25, 0.3) is 0 Å².